The Kier molecular flexibility index (Phi) is 7.79. The zero-order chi connectivity index (χ0) is 25.6. The van der Waals surface area contributed by atoms with Crippen LogP contribution in [0.4, 0.5) is 0 Å². The van der Waals surface area contributed by atoms with E-state index in [4.69, 9.17) is 4.74 Å². The quantitative estimate of drug-likeness (QED) is 0.329. The molecule has 2 aromatic heterocycles. The standard InChI is InChI=1S/C28H31N5O3S/c1-2-36-25-16-8-5-13-22(25)27(28(35)29-20-10-3-4-11-20)32(18-21-12-9-17-37-21)26(34)19-33-24-15-7-6-14-23(24)30-31-33/h5-9,12-17,20,27H,2-4,10-11,18-19H2,1H3,(H,29,35)/t27-/m1/s1. The van der Waals surface area contributed by atoms with Crippen LogP contribution in [0.1, 0.15) is 49.1 Å². The number of thiophene rings is 1. The lowest BCUT2D eigenvalue weighted by atomic mass is 10.0. The Morgan fingerprint density at radius 1 is 1.11 bits per heavy atom. The normalized spacial score (nSPS) is 14.5. The third-order valence-electron chi connectivity index (χ3n) is 6.71. The molecular weight excluding hydrogens is 486 g/mol. The van der Waals surface area contributed by atoms with E-state index in [9.17, 15) is 9.59 Å². The minimum absolute atomic E-state index is 0.0318. The van der Waals surface area contributed by atoms with E-state index in [1.54, 1.807) is 20.9 Å². The fraction of sp³-hybridized carbons (Fsp3) is 0.357. The number of hydrogen-bond donors (Lipinski definition) is 1. The number of para-hydroxylation sites is 2. The molecule has 2 amide bonds. The van der Waals surface area contributed by atoms with Gasteiger partial charge < -0.3 is 15.0 Å². The van der Waals surface area contributed by atoms with Gasteiger partial charge in [0.05, 0.1) is 18.7 Å². The Hall–Kier alpha value is -3.72. The van der Waals surface area contributed by atoms with Gasteiger partial charge in [-0.3, -0.25) is 9.59 Å². The van der Waals surface area contributed by atoms with E-state index in [0.717, 1.165) is 41.6 Å². The Morgan fingerprint density at radius 2 is 1.89 bits per heavy atom. The van der Waals surface area contributed by atoms with Crippen molar-refractivity contribution >= 4 is 34.2 Å². The second-order valence-corrected chi connectivity index (χ2v) is 10.2. The van der Waals surface area contributed by atoms with Crippen LogP contribution in [0.5, 0.6) is 5.75 Å². The highest BCUT2D eigenvalue weighted by atomic mass is 32.1. The van der Waals surface area contributed by atoms with Crippen molar-refractivity contribution in [2.45, 2.75) is 57.8 Å². The molecule has 0 saturated heterocycles. The highest BCUT2D eigenvalue weighted by molar-refractivity contribution is 7.09. The average Bonchev–Trinajstić information content (AvgIpc) is 3.68. The second-order valence-electron chi connectivity index (χ2n) is 9.20. The molecule has 0 aliphatic heterocycles. The van der Waals surface area contributed by atoms with E-state index in [1.165, 1.54) is 0 Å². The van der Waals surface area contributed by atoms with Crippen molar-refractivity contribution in [2.75, 3.05) is 6.61 Å². The van der Waals surface area contributed by atoms with Crippen LogP contribution in [0.25, 0.3) is 11.0 Å². The van der Waals surface area contributed by atoms with Gasteiger partial charge in [0, 0.05) is 16.5 Å². The molecule has 0 radical (unpaired) electrons. The number of rotatable bonds is 10. The van der Waals surface area contributed by atoms with Crippen LogP contribution in [-0.4, -0.2) is 44.4 Å². The molecule has 1 aliphatic carbocycles. The number of ether oxygens (including phenoxy) is 1. The lowest BCUT2D eigenvalue weighted by Crippen LogP contribution is -2.46. The largest absolute Gasteiger partial charge is 0.494 e. The first kappa shape index (κ1) is 25.0. The number of hydrogen-bond acceptors (Lipinski definition) is 6. The molecule has 9 heteroatoms. The molecule has 192 valence electrons. The molecule has 1 saturated carbocycles. The number of carbonyl (C=O) groups excluding carboxylic acids is 2. The van der Waals surface area contributed by atoms with E-state index in [2.05, 4.69) is 15.6 Å². The Balaban J connectivity index is 1.54. The average molecular weight is 518 g/mol. The van der Waals surface area contributed by atoms with Crippen molar-refractivity contribution in [1.29, 1.82) is 0 Å². The summed E-state index contributed by atoms with van der Waals surface area (Å²) in [5, 5.41) is 13.6. The summed E-state index contributed by atoms with van der Waals surface area (Å²) in [6, 6.07) is 18.2. The van der Waals surface area contributed by atoms with E-state index < -0.39 is 6.04 Å². The zero-order valence-electron chi connectivity index (χ0n) is 20.9. The summed E-state index contributed by atoms with van der Waals surface area (Å²) in [6.45, 7) is 2.63. The van der Waals surface area contributed by atoms with E-state index >= 15 is 0 Å². The van der Waals surface area contributed by atoms with Gasteiger partial charge in [-0.15, -0.1) is 16.4 Å². The first-order chi connectivity index (χ1) is 18.1. The third-order valence-corrected chi connectivity index (χ3v) is 7.57. The molecule has 37 heavy (non-hydrogen) atoms. The molecule has 1 fully saturated rings. The Labute approximate surface area is 220 Å². The number of amides is 2. The predicted octanol–water partition coefficient (Wildman–Crippen LogP) is 4.72. The highest BCUT2D eigenvalue weighted by Gasteiger charge is 2.35. The van der Waals surface area contributed by atoms with Gasteiger partial charge in [0.15, 0.2) is 0 Å². The fourth-order valence-corrected chi connectivity index (χ4v) is 5.64. The number of nitrogens with one attached hydrogen (secondary N) is 1. The molecular formula is C28H31N5O3S. The maximum absolute atomic E-state index is 14.0. The molecule has 5 rings (SSSR count). The summed E-state index contributed by atoms with van der Waals surface area (Å²) in [5.41, 5.74) is 2.17. The first-order valence-electron chi connectivity index (χ1n) is 12.8. The Morgan fingerprint density at radius 3 is 2.68 bits per heavy atom. The zero-order valence-corrected chi connectivity index (χ0v) is 21.7. The number of aromatic nitrogens is 3. The molecule has 1 atom stereocenters. The van der Waals surface area contributed by atoms with Gasteiger partial charge in [-0.05, 0) is 49.4 Å². The summed E-state index contributed by atoms with van der Waals surface area (Å²) < 4.78 is 7.52. The van der Waals surface area contributed by atoms with Crippen LogP contribution in [-0.2, 0) is 22.7 Å². The number of fused-ring (bicyclic) bond motifs is 1. The van der Waals surface area contributed by atoms with Crippen molar-refractivity contribution in [3.63, 3.8) is 0 Å². The predicted molar refractivity (Wildman–Crippen MR) is 143 cm³/mol. The van der Waals surface area contributed by atoms with Crippen molar-refractivity contribution < 1.29 is 14.3 Å². The van der Waals surface area contributed by atoms with Gasteiger partial charge in [0.1, 0.15) is 23.9 Å². The van der Waals surface area contributed by atoms with Crippen LogP contribution in [0, 0.1) is 0 Å². The first-order valence-corrected chi connectivity index (χ1v) is 13.6. The van der Waals surface area contributed by atoms with Crippen LogP contribution >= 0.6 is 11.3 Å². The van der Waals surface area contributed by atoms with Crippen LogP contribution in [0.2, 0.25) is 0 Å². The third kappa shape index (κ3) is 5.67. The van der Waals surface area contributed by atoms with Gasteiger partial charge in [0.25, 0.3) is 0 Å². The van der Waals surface area contributed by atoms with Gasteiger partial charge in [-0.1, -0.05) is 54.5 Å². The molecule has 1 N–H and O–H groups in total. The van der Waals surface area contributed by atoms with E-state index in [0.29, 0.717) is 24.5 Å². The van der Waals surface area contributed by atoms with Crippen molar-refractivity contribution in [2.24, 2.45) is 0 Å². The molecule has 2 aromatic carbocycles. The maximum Gasteiger partial charge on any atom is 0.247 e. The summed E-state index contributed by atoms with van der Waals surface area (Å²) in [5.74, 6) is 0.195. The van der Waals surface area contributed by atoms with Crippen molar-refractivity contribution in [1.82, 2.24) is 25.2 Å². The van der Waals surface area contributed by atoms with Crippen LogP contribution < -0.4 is 10.1 Å². The second kappa shape index (κ2) is 11.6. The summed E-state index contributed by atoms with van der Waals surface area (Å²) in [7, 11) is 0. The molecule has 1 aliphatic rings. The van der Waals surface area contributed by atoms with Gasteiger partial charge in [-0.25, -0.2) is 4.68 Å². The monoisotopic (exact) mass is 517 g/mol. The minimum atomic E-state index is -0.854. The minimum Gasteiger partial charge on any atom is -0.494 e. The van der Waals surface area contributed by atoms with Gasteiger partial charge in [0.2, 0.25) is 11.8 Å². The molecule has 0 spiro atoms. The van der Waals surface area contributed by atoms with Crippen molar-refractivity contribution in [3.8, 4) is 5.75 Å². The van der Waals surface area contributed by atoms with E-state index in [1.807, 2.05) is 73.0 Å². The smallest absolute Gasteiger partial charge is 0.247 e. The van der Waals surface area contributed by atoms with Crippen LogP contribution in [0.3, 0.4) is 0 Å². The molecule has 0 bridgehead atoms. The molecule has 2 heterocycles. The molecule has 4 aromatic rings. The maximum atomic E-state index is 14.0. The Bertz CT molecular complexity index is 1350. The lowest BCUT2D eigenvalue weighted by Gasteiger charge is -2.33. The summed E-state index contributed by atoms with van der Waals surface area (Å²) in [6.07, 6.45) is 4.11. The lowest BCUT2D eigenvalue weighted by molar-refractivity contribution is -0.142. The van der Waals surface area contributed by atoms with E-state index in [-0.39, 0.29) is 24.4 Å². The highest BCUT2D eigenvalue weighted by Crippen LogP contribution is 2.33. The van der Waals surface area contributed by atoms with Crippen molar-refractivity contribution in [3.05, 3.63) is 76.5 Å². The van der Waals surface area contributed by atoms with Gasteiger partial charge >= 0.3 is 0 Å². The molecule has 0 unspecified atom stereocenters. The number of benzene rings is 2. The summed E-state index contributed by atoms with van der Waals surface area (Å²) >= 11 is 1.56. The number of carbonyl (C=O) groups is 2. The SMILES string of the molecule is CCOc1ccccc1[C@H](C(=O)NC1CCCC1)N(Cc1cccs1)C(=O)Cn1nnc2ccccc21. The van der Waals surface area contributed by atoms with Crippen LogP contribution in [0.15, 0.2) is 66.0 Å². The van der Waals surface area contributed by atoms with Gasteiger partial charge in [-0.2, -0.15) is 0 Å². The summed E-state index contributed by atoms with van der Waals surface area (Å²) in [4.78, 5) is 30.6. The molecule has 8 nitrogen and oxygen atoms in total. The topological polar surface area (TPSA) is 89.4 Å². The number of nitrogens with zero attached hydrogens (tertiary/aromatic N) is 4. The fourth-order valence-electron chi connectivity index (χ4n) is 4.94.